The topological polar surface area (TPSA) is 73.4 Å². The molecule has 2 atom stereocenters. The minimum atomic E-state index is -3.98. The van der Waals surface area contributed by atoms with Gasteiger partial charge >= 0.3 is 0 Å². The first-order chi connectivity index (χ1) is 22.2. The molecule has 3 aromatic carbocycles. The van der Waals surface area contributed by atoms with E-state index in [1.807, 2.05) is 29.2 Å². The number of carbonyl (C=O) groups is 1. The number of likely N-dealkylation sites (tertiary alicyclic amines) is 1. The van der Waals surface area contributed by atoms with Gasteiger partial charge in [-0.2, -0.15) is 0 Å². The molecule has 2 saturated heterocycles. The van der Waals surface area contributed by atoms with E-state index in [2.05, 4.69) is 47.2 Å². The van der Waals surface area contributed by atoms with Crippen LogP contribution in [0.2, 0.25) is 10.0 Å². The SMILES string of the molecule is CN1CCN(C(c2ccccc2)C2CCN(C(=O)COCC3CCc4ccccc4N3S(=O)(=O)c3ccc(Cl)c(Cl)c3)CC2)CC1. The predicted molar refractivity (Wildman–Crippen MR) is 183 cm³/mol. The van der Waals surface area contributed by atoms with Gasteiger partial charge in [-0.1, -0.05) is 71.7 Å². The van der Waals surface area contributed by atoms with E-state index in [1.165, 1.54) is 28.1 Å². The molecule has 2 fully saturated rings. The maximum atomic E-state index is 14.0. The van der Waals surface area contributed by atoms with Gasteiger partial charge < -0.3 is 14.5 Å². The van der Waals surface area contributed by atoms with Gasteiger partial charge in [0.2, 0.25) is 5.91 Å². The van der Waals surface area contributed by atoms with Crippen molar-refractivity contribution in [3.05, 3.63) is 94.0 Å². The van der Waals surface area contributed by atoms with E-state index in [-0.39, 0.29) is 34.1 Å². The van der Waals surface area contributed by atoms with Crippen molar-refractivity contribution in [2.24, 2.45) is 5.92 Å². The summed E-state index contributed by atoms with van der Waals surface area (Å²) in [5.41, 5.74) is 2.93. The fourth-order valence-electron chi connectivity index (χ4n) is 7.17. The minimum absolute atomic E-state index is 0.0515. The summed E-state index contributed by atoms with van der Waals surface area (Å²) in [6, 6.07) is 22.5. The number of carbonyl (C=O) groups excluding carboxylic acids is 1. The van der Waals surface area contributed by atoms with Crippen LogP contribution in [0.15, 0.2) is 77.7 Å². The number of amides is 1. The smallest absolute Gasteiger partial charge is 0.264 e. The molecule has 11 heteroatoms. The second-order valence-electron chi connectivity index (χ2n) is 12.6. The molecule has 0 bridgehead atoms. The molecule has 0 aromatic heterocycles. The first-order valence-electron chi connectivity index (χ1n) is 16.1. The fraction of sp³-hybridized carbons (Fsp3) is 0.457. The highest BCUT2D eigenvalue weighted by Gasteiger charge is 2.37. The van der Waals surface area contributed by atoms with Gasteiger partial charge in [-0.15, -0.1) is 0 Å². The summed E-state index contributed by atoms with van der Waals surface area (Å²) >= 11 is 12.3. The Bertz CT molecular complexity index is 1610. The minimum Gasteiger partial charge on any atom is -0.369 e. The quantitative estimate of drug-likeness (QED) is 0.286. The number of anilines is 1. The van der Waals surface area contributed by atoms with Crippen molar-refractivity contribution in [1.29, 1.82) is 0 Å². The molecule has 2 unspecified atom stereocenters. The number of aryl methyl sites for hydroxylation is 1. The Kier molecular flexibility index (Phi) is 10.6. The van der Waals surface area contributed by atoms with Crippen molar-refractivity contribution >= 4 is 44.8 Å². The van der Waals surface area contributed by atoms with E-state index in [0.29, 0.717) is 37.2 Å². The zero-order valence-corrected chi connectivity index (χ0v) is 28.6. The third-order valence-corrected chi connectivity index (χ3v) is 12.3. The van der Waals surface area contributed by atoms with Gasteiger partial charge in [-0.25, -0.2) is 8.42 Å². The van der Waals surface area contributed by atoms with Crippen LogP contribution in [0.1, 0.15) is 36.4 Å². The van der Waals surface area contributed by atoms with E-state index in [4.69, 9.17) is 27.9 Å². The highest BCUT2D eigenvalue weighted by Crippen LogP contribution is 2.38. The number of piperazine rings is 1. The summed E-state index contributed by atoms with van der Waals surface area (Å²) in [4.78, 5) is 20.3. The van der Waals surface area contributed by atoms with E-state index >= 15 is 0 Å². The molecule has 246 valence electrons. The Balaban J connectivity index is 1.09. The Labute approximate surface area is 282 Å². The average molecular weight is 686 g/mol. The number of fused-ring (bicyclic) bond motifs is 1. The summed E-state index contributed by atoms with van der Waals surface area (Å²) < 4.78 is 35.4. The number of ether oxygens (including phenoxy) is 1. The van der Waals surface area contributed by atoms with Gasteiger partial charge in [0, 0.05) is 45.3 Å². The Hall–Kier alpha value is -2.66. The van der Waals surface area contributed by atoms with Crippen LogP contribution in [0, 0.1) is 5.92 Å². The Morgan fingerprint density at radius 2 is 1.57 bits per heavy atom. The van der Waals surface area contributed by atoms with Gasteiger partial charge in [0.25, 0.3) is 10.0 Å². The van der Waals surface area contributed by atoms with E-state index in [1.54, 1.807) is 0 Å². The van der Waals surface area contributed by atoms with E-state index in [0.717, 1.165) is 51.0 Å². The summed E-state index contributed by atoms with van der Waals surface area (Å²) in [6.07, 6.45) is 3.17. The first kappa shape index (κ1) is 33.2. The Morgan fingerprint density at radius 3 is 2.28 bits per heavy atom. The molecule has 3 aliphatic heterocycles. The van der Waals surface area contributed by atoms with Gasteiger partial charge in [-0.3, -0.25) is 14.0 Å². The van der Waals surface area contributed by atoms with Gasteiger partial charge in [0.15, 0.2) is 0 Å². The molecular formula is C35H42Cl2N4O4S. The maximum Gasteiger partial charge on any atom is 0.264 e. The van der Waals surface area contributed by atoms with E-state index < -0.39 is 16.1 Å². The van der Waals surface area contributed by atoms with Crippen LogP contribution < -0.4 is 4.31 Å². The lowest BCUT2D eigenvalue weighted by Gasteiger charge is -2.44. The molecule has 8 nitrogen and oxygen atoms in total. The number of piperidine rings is 1. The number of benzene rings is 3. The first-order valence-corrected chi connectivity index (χ1v) is 18.3. The molecule has 0 N–H and O–H groups in total. The Morgan fingerprint density at radius 1 is 0.870 bits per heavy atom. The number of para-hydroxylation sites is 1. The molecule has 3 aliphatic rings. The van der Waals surface area contributed by atoms with Crippen LogP contribution in [-0.4, -0.2) is 94.6 Å². The number of sulfonamides is 1. The van der Waals surface area contributed by atoms with Gasteiger partial charge in [0.05, 0.1) is 33.3 Å². The van der Waals surface area contributed by atoms with E-state index in [9.17, 15) is 13.2 Å². The van der Waals surface area contributed by atoms with Crippen molar-refractivity contribution in [1.82, 2.24) is 14.7 Å². The third-order valence-electron chi connectivity index (χ3n) is 9.70. The molecule has 0 saturated carbocycles. The molecule has 3 heterocycles. The van der Waals surface area contributed by atoms with Gasteiger partial charge in [-0.05, 0) is 74.0 Å². The van der Waals surface area contributed by atoms with Gasteiger partial charge in [0.1, 0.15) is 6.61 Å². The number of hydrogen-bond acceptors (Lipinski definition) is 6. The maximum absolute atomic E-state index is 14.0. The normalized spacial score (nSPS) is 20.8. The number of halogens is 2. The third kappa shape index (κ3) is 7.25. The molecule has 0 radical (unpaired) electrons. The summed E-state index contributed by atoms with van der Waals surface area (Å²) in [5, 5.41) is 0.464. The summed E-state index contributed by atoms with van der Waals surface area (Å²) in [5.74, 6) is 0.419. The van der Waals surface area contributed by atoms with Crippen LogP contribution in [0.3, 0.4) is 0 Å². The molecule has 0 spiro atoms. The molecular weight excluding hydrogens is 643 g/mol. The summed E-state index contributed by atoms with van der Waals surface area (Å²) in [6.45, 7) is 5.64. The van der Waals surface area contributed by atoms with Crippen LogP contribution in [0.5, 0.6) is 0 Å². The predicted octanol–water partition coefficient (Wildman–Crippen LogP) is 5.75. The number of nitrogens with zero attached hydrogens (tertiary/aromatic N) is 4. The molecule has 1 amide bonds. The molecule has 0 aliphatic carbocycles. The molecule has 3 aromatic rings. The monoisotopic (exact) mass is 684 g/mol. The fourth-order valence-corrected chi connectivity index (χ4v) is 9.26. The second-order valence-corrected chi connectivity index (χ2v) is 15.3. The largest absolute Gasteiger partial charge is 0.369 e. The second kappa shape index (κ2) is 14.6. The zero-order chi connectivity index (χ0) is 32.3. The van der Waals surface area contributed by atoms with Crippen molar-refractivity contribution in [2.45, 2.75) is 42.7 Å². The van der Waals surface area contributed by atoms with Crippen LogP contribution in [-0.2, 0) is 26.0 Å². The van der Waals surface area contributed by atoms with Crippen LogP contribution >= 0.6 is 23.2 Å². The number of hydrogen-bond donors (Lipinski definition) is 0. The highest BCUT2D eigenvalue weighted by atomic mass is 35.5. The van der Waals surface area contributed by atoms with Crippen molar-refractivity contribution in [3.63, 3.8) is 0 Å². The average Bonchev–Trinajstić information content (AvgIpc) is 3.07. The lowest BCUT2D eigenvalue weighted by molar-refractivity contribution is -0.138. The molecule has 46 heavy (non-hydrogen) atoms. The lowest BCUT2D eigenvalue weighted by atomic mass is 9.84. The van der Waals surface area contributed by atoms with Crippen LogP contribution in [0.4, 0.5) is 5.69 Å². The number of likely N-dealkylation sites (N-methyl/N-ethyl adjacent to an activating group) is 1. The highest BCUT2D eigenvalue weighted by molar-refractivity contribution is 7.92. The lowest BCUT2D eigenvalue weighted by Crippen LogP contribution is -2.50. The zero-order valence-electron chi connectivity index (χ0n) is 26.2. The summed E-state index contributed by atoms with van der Waals surface area (Å²) in [7, 11) is -1.80. The standard InChI is InChI=1S/C35H42Cl2N4O4S/c1-38-19-21-40(22-20-38)35(27-8-3-2-4-9-27)28-15-17-39(18-16-28)34(42)25-45-24-29-12-11-26-7-5-6-10-33(26)41(29)46(43,44)30-13-14-31(36)32(37)23-30/h2-10,13-14,23,28-29,35H,11-12,15-22,24-25H2,1H3. The number of rotatable bonds is 9. The molecule has 6 rings (SSSR count). The van der Waals surface area contributed by atoms with Crippen molar-refractivity contribution in [2.75, 3.05) is 63.8 Å². The van der Waals surface area contributed by atoms with Crippen molar-refractivity contribution in [3.8, 4) is 0 Å². The van der Waals surface area contributed by atoms with Crippen molar-refractivity contribution < 1.29 is 17.9 Å². The van der Waals surface area contributed by atoms with Crippen LogP contribution in [0.25, 0.3) is 0 Å².